The van der Waals surface area contributed by atoms with Gasteiger partial charge in [-0.1, -0.05) is 37.5 Å². The van der Waals surface area contributed by atoms with E-state index in [4.69, 9.17) is 0 Å². The second kappa shape index (κ2) is 5.82. The van der Waals surface area contributed by atoms with Crippen LogP contribution in [0.4, 0.5) is 0 Å². The van der Waals surface area contributed by atoms with Gasteiger partial charge in [-0.3, -0.25) is 4.90 Å². The lowest BCUT2D eigenvalue weighted by molar-refractivity contribution is 0.0261. The largest absolute Gasteiger partial charge is 0.347 e. The number of piperidine rings is 1. The molecule has 23 heavy (non-hydrogen) atoms. The van der Waals surface area contributed by atoms with E-state index in [1.807, 2.05) is 0 Å². The van der Waals surface area contributed by atoms with Crippen LogP contribution in [0.1, 0.15) is 43.4 Å². The highest BCUT2D eigenvalue weighted by Gasteiger charge is 2.39. The lowest BCUT2D eigenvalue weighted by atomic mass is 9.71. The summed E-state index contributed by atoms with van der Waals surface area (Å²) < 4.78 is 2.47. The summed E-state index contributed by atoms with van der Waals surface area (Å²) in [5.74, 6) is 2.01. The Morgan fingerprint density at radius 1 is 1.04 bits per heavy atom. The third kappa shape index (κ3) is 2.34. The first kappa shape index (κ1) is 15.5. The SMILES string of the molecule is Cl.Cn1c2c(c3ccccc31)CN1CC3CCCCC3CC1C2. The summed E-state index contributed by atoms with van der Waals surface area (Å²) in [6.45, 7) is 2.54. The van der Waals surface area contributed by atoms with E-state index >= 15 is 0 Å². The van der Waals surface area contributed by atoms with E-state index < -0.39 is 0 Å². The normalized spacial score (nSPS) is 30.2. The molecule has 1 saturated heterocycles. The van der Waals surface area contributed by atoms with Gasteiger partial charge in [0.1, 0.15) is 0 Å². The van der Waals surface area contributed by atoms with Gasteiger partial charge in [0.05, 0.1) is 0 Å². The molecule has 3 unspecified atom stereocenters. The summed E-state index contributed by atoms with van der Waals surface area (Å²) in [4.78, 5) is 2.82. The van der Waals surface area contributed by atoms with Crippen LogP contribution < -0.4 is 0 Å². The average Bonchev–Trinajstić information content (AvgIpc) is 2.84. The fraction of sp³-hybridized carbons (Fsp3) is 0.600. The van der Waals surface area contributed by atoms with Gasteiger partial charge in [0, 0.05) is 49.2 Å². The minimum Gasteiger partial charge on any atom is -0.347 e. The van der Waals surface area contributed by atoms with Crippen LogP contribution in [0.5, 0.6) is 0 Å². The van der Waals surface area contributed by atoms with Crippen LogP contribution in [-0.2, 0) is 20.0 Å². The standard InChI is InChI=1S/C20H26N2.ClH/c1-21-19-9-5-4-8-17(19)18-13-22-12-15-7-3-2-6-14(15)10-16(22)11-20(18)21;/h4-5,8-9,14-16H,2-3,6-7,10-13H2,1H3;1H. The molecule has 3 heteroatoms. The molecule has 5 rings (SSSR count). The van der Waals surface area contributed by atoms with Crippen LogP contribution in [-0.4, -0.2) is 22.1 Å². The Labute approximate surface area is 145 Å². The summed E-state index contributed by atoms with van der Waals surface area (Å²) in [5.41, 5.74) is 4.64. The van der Waals surface area contributed by atoms with Crippen LogP contribution in [0.25, 0.3) is 10.9 Å². The van der Waals surface area contributed by atoms with Gasteiger partial charge in [0.25, 0.3) is 0 Å². The highest BCUT2D eigenvalue weighted by atomic mass is 35.5. The van der Waals surface area contributed by atoms with Crippen molar-refractivity contribution in [3.63, 3.8) is 0 Å². The Morgan fingerprint density at radius 3 is 2.70 bits per heavy atom. The van der Waals surface area contributed by atoms with Crippen LogP contribution in [0.15, 0.2) is 24.3 Å². The monoisotopic (exact) mass is 330 g/mol. The Morgan fingerprint density at radius 2 is 1.83 bits per heavy atom. The molecule has 2 fully saturated rings. The van der Waals surface area contributed by atoms with Crippen molar-refractivity contribution in [2.75, 3.05) is 6.54 Å². The summed E-state index contributed by atoms with van der Waals surface area (Å²) in [7, 11) is 2.27. The Hall–Kier alpha value is -0.990. The maximum atomic E-state index is 2.82. The highest BCUT2D eigenvalue weighted by molar-refractivity contribution is 5.86. The summed E-state index contributed by atoms with van der Waals surface area (Å²) >= 11 is 0. The molecule has 2 nitrogen and oxygen atoms in total. The fourth-order valence-electron chi connectivity index (χ4n) is 5.58. The molecule has 0 spiro atoms. The van der Waals surface area contributed by atoms with E-state index in [1.165, 1.54) is 62.5 Å². The molecule has 3 heterocycles. The van der Waals surface area contributed by atoms with Crippen molar-refractivity contribution in [3.8, 4) is 0 Å². The Balaban J connectivity index is 0.00000135. The van der Waals surface area contributed by atoms with Crippen molar-refractivity contribution in [3.05, 3.63) is 35.5 Å². The minimum absolute atomic E-state index is 0. The molecule has 3 aliphatic rings. The lowest BCUT2D eigenvalue weighted by Crippen LogP contribution is -2.50. The number of fused-ring (bicyclic) bond motifs is 5. The van der Waals surface area contributed by atoms with E-state index in [0.29, 0.717) is 0 Å². The molecule has 1 saturated carbocycles. The highest BCUT2D eigenvalue weighted by Crippen LogP contribution is 2.43. The number of hydrogen-bond acceptors (Lipinski definition) is 1. The van der Waals surface area contributed by atoms with E-state index in [2.05, 4.69) is 40.8 Å². The zero-order valence-corrected chi connectivity index (χ0v) is 14.8. The number of halogens is 1. The van der Waals surface area contributed by atoms with Crippen molar-refractivity contribution >= 4 is 23.3 Å². The molecule has 1 aromatic carbocycles. The van der Waals surface area contributed by atoms with E-state index in [9.17, 15) is 0 Å². The molecule has 124 valence electrons. The first-order valence-electron chi connectivity index (χ1n) is 9.10. The number of hydrogen-bond donors (Lipinski definition) is 0. The van der Waals surface area contributed by atoms with E-state index in [-0.39, 0.29) is 12.4 Å². The Kier molecular flexibility index (Phi) is 3.93. The van der Waals surface area contributed by atoms with Gasteiger partial charge in [0.2, 0.25) is 0 Å². The topological polar surface area (TPSA) is 8.17 Å². The quantitative estimate of drug-likeness (QED) is 0.688. The summed E-state index contributed by atoms with van der Waals surface area (Å²) in [6.07, 6.45) is 8.65. The second-order valence-corrected chi connectivity index (χ2v) is 7.83. The smallest absolute Gasteiger partial charge is 0.0483 e. The van der Waals surface area contributed by atoms with Gasteiger partial charge in [-0.15, -0.1) is 12.4 Å². The predicted molar refractivity (Wildman–Crippen MR) is 98.1 cm³/mol. The molecule has 2 aromatic rings. The van der Waals surface area contributed by atoms with Crippen molar-refractivity contribution in [1.29, 1.82) is 0 Å². The lowest BCUT2D eigenvalue weighted by Gasteiger charge is -2.48. The summed E-state index contributed by atoms with van der Waals surface area (Å²) in [5, 5.41) is 1.49. The van der Waals surface area contributed by atoms with E-state index in [0.717, 1.165) is 17.9 Å². The van der Waals surface area contributed by atoms with E-state index in [1.54, 1.807) is 11.3 Å². The second-order valence-electron chi connectivity index (χ2n) is 7.83. The number of nitrogens with zero attached hydrogens (tertiary/aromatic N) is 2. The van der Waals surface area contributed by atoms with Gasteiger partial charge in [-0.2, -0.15) is 0 Å². The Bertz CT molecular complexity index is 720. The molecule has 1 aromatic heterocycles. The maximum Gasteiger partial charge on any atom is 0.0483 e. The molecule has 0 N–H and O–H groups in total. The average molecular weight is 331 g/mol. The maximum absolute atomic E-state index is 2.82. The minimum atomic E-state index is 0. The number of aromatic nitrogens is 1. The predicted octanol–water partition coefficient (Wildman–Crippen LogP) is 4.54. The third-order valence-corrected chi connectivity index (χ3v) is 6.76. The van der Waals surface area contributed by atoms with Crippen molar-refractivity contribution < 1.29 is 0 Å². The van der Waals surface area contributed by atoms with Gasteiger partial charge in [-0.25, -0.2) is 0 Å². The molecular weight excluding hydrogens is 304 g/mol. The van der Waals surface area contributed by atoms with Crippen LogP contribution in [0, 0.1) is 11.8 Å². The molecular formula is C20H27ClN2. The van der Waals surface area contributed by atoms with Gasteiger partial charge < -0.3 is 4.57 Å². The van der Waals surface area contributed by atoms with Crippen molar-refractivity contribution in [2.45, 2.75) is 51.1 Å². The van der Waals surface area contributed by atoms with Gasteiger partial charge in [-0.05, 0) is 36.3 Å². The van der Waals surface area contributed by atoms with Gasteiger partial charge >= 0.3 is 0 Å². The first-order valence-corrected chi connectivity index (χ1v) is 9.10. The first-order chi connectivity index (χ1) is 10.8. The van der Waals surface area contributed by atoms with Crippen LogP contribution in [0.3, 0.4) is 0 Å². The fourth-order valence-corrected chi connectivity index (χ4v) is 5.58. The number of para-hydroxylation sites is 1. The summed E-state index contributed by atoms with van der Waals surface area (Å²) in [6, 6.07) is 9.78. The third-order valence-electron chi connectivity index (χ3n) is 6.76. The zero-order valence-electron chi connectivity index (χ0n) is 14.0. The van der Waals surface area contributed by atoms with Gasteiger partial charge in [0.15, 0.2) is 0 Å². The van der Waals surface area contributed by atoms with Crippen LogP contribution >= 0.6 is 12.4 Å². The molecule has 0 bridgehead atoms. The van der Waals surface area contributed by atoms with Crippen molar-refractivity contribution in [1.82, 2.24) is 9.47 Å². The van der Waals surface area contributed by atoms with Crippen LogP contribution in [0.2, 0.25) is 0 Å². The molecule has 0 radical (unpaired) electrons. The number of rotatable bonds is 0. The zero-order chi connectivity index (χ0) is 14.7. The number of benzene rings is 1. The molecule has 0 amide bonds. The number of aryl methyl sites for hydroxylation is 1. The molecule has 3 atom stereocenters. The molecule has 1 aliphatic carbocycles. The molecule has 2 aliphatic heterocycles. The van der Waals surface area contributed by atoms with Crippen molar-refractivity contribution in [2.24, 2.45) is 18.9 Å².